The highest BCUT2D eigenvalue weighted by atomic mass is 19.4. The van der Waals surface area contributed by atoms with Crippen molar-refractivity contribution < 1.29 is 22.6 Å². The normalized spacial score (nSPS) is 11.6. The van der Waals surface area contributed by atoms with Crippen LogP contribution in [0.4, 0.5) is 13.2 Å². The topological polar surface area (TPSA) is 43.4 Å². The highest BCUT2D eigenvalue weighted by Crippen LogP contribution is 2.17. The Hall–Kier alpha value is -1.34. The van der Waals surface area contributed by atoms with E-state index in [9.17, 15) is 13.2 Å². The molecule has 0 saturated carbocycles. The van der Waals surface area contributed by atoms with Crippen LogP contribution in [0, 0.1) is 0 Å². The fourth-order valence-electron chi connectivity index (χ4n) is 1.16. The monoisotopic (exact) mass is 264 g/mol. The standard InChI is InChI=1S/C11H15F3N2O2/c1-17-5-4-15-6-9-2-3-10(7-16-9)18-8-11(12,13)14/h2-3,7,15H,4-6,8H2,1H3. The number of ether oxygens (including phenoxy) is 2. The van der Waals surface area contributed by atoms with Gasteiger partial charge in [-0.1, -0.05) is 0 Å². The van der Waals surface area contributed by atoms with Gasteiger partial charge in [0.05, 0.1) is 18.5 Å². The maximum atomic E-state index is 11.9. The fraction of sp³-hybridized carbons (Fsp3) is 0.545. The summed E-state index contributed by atoms with van der Waals surface area (Å²) < 4.78 is 45.1. The van der Waals surface area contributed by atoms with Gasteiger partial charge in [-0.3, -0.25) is 4.98 Å². The Balaban J connectivity index is 2.33. The highest BCUT2D eigenvalue weighted by Gasteiger charge is 2.28. The predicted molar refractivity (Wildman–Crippen MR) is 59.4 cm³/mol. The van der Waals surface area contributed by atoms with Gasteiger partial charge < -0.3 is 14.8 Å². The van der Waals surface area contributed by atoms with E-state index in [4.69, 9.17) is 4.74 Å². The molecule has 0 aliphatic heterocycles. The van der Waals surface area contributed by atoms with Crippen molar-refractivity contribution in [3.63, 3.8) is 0 Å². The van der Waals surface area contributed by atoms with Crippen LogP contribution >= 0.6 is 0 Å². The molecule has 4 nitrogen and oxygen atoms in total. The zero-order valence-corrected chi connectivity index (χ0v) is 9.96. The maximum absolute atomic E-state index is 11.9. The molecule has 0 radical (unpaired) electrons. The SMILES string of the molecule is COCCNCc1ccc(OCC(F)(F)F)cn1. The minimum absolute atomic E-state index is 0.105. The van der Waals surface area contributed by atoms with Gasteiger partial charge >= 0.3 is 6.18 Å². The van der Waals surface area contributed by atoms with Crippen LogP contribution in [-0.4, -0.2) is 38.0 Å². The Kier molecular flexibility index (Phi) is 5.87. The molecule has 0 amide bonds. The maximum Gasteiger partial charge on any atom is 0.422 e. The summed E-state index contributed by atoms with van der Waals surface area (Å²) in [7, 11) is 1.60. The van der Waals surface area contributed by atoms with Crippen LogP contribution < -0.4 is 10.1 Å². The molecule has 0 atom stereocenters. The number of hydrogen-bond acceptors (Lipinski definition) is 4. The van der Waals surface area contributed by atoms with Crippen molar-refractivity contribution in [2.45, 2.75) is 12.7 Å². The van der Waals surface area contributed by atoms with E-state index in [1.54, 1.807) is 13.2 Å². The third-order valence-electron chi connectivity index (χ3n) is 1.99. The minimum Gasteiger partial charge on any atom is -0.483 e. The molecule has 0 saturated heterocycles. The van der Waals surface area contributed by atoms with Crippen molar-refractivity contribution in [2.75, 3.05) is 26.9 Å². The Morgan fingerprint density at radius 3 is 2.67 bits per heavy atom. The van der Waals surface area contributed by atoms with Crippen molar-refractivity contribution in [3.8, 4) is 5.75 Å². The average molecular weight is 264 g/mol. The number of methoxy groups -OCH3 is 1. The molecule has 102 valence electrons. The lowest BCUT2D eigenvalue weighted by molar-refractivity contribution is -0.153. The zero-order chi connectivity index (χ0) is 13.4. The lowest BCUT2D eigenvalue weighted by Gasteiger charge is -2.09. The van der Waals surface area contributed by atoms with Crippen LogP contribution in [-0.2, 0) is 11.3 Å². The first kappa shape index (κ1) is 14.7. The van der Waals surface area contributed by atoms with Crippen LogP contribution in [0.3, 0.4) is 0 Å². The molecule has 1 aromatic heterocycles. The first-order chi connectivity index (χ1) is 8.51. The quantitative estimate of drug-likeness (QED) is 0.762. The van der Waals surface area contributed by atoms with Gasteiger partial charge in [0.1, 0.15) is 5.75 Å². The lowest BCUT2D eigenvalue weighted by atomic mass is 10.3. The summed E-state index contributed by atoms with van der Waals surface area (Å²) in [5.74, 6) is 0.105. The molecular formula is C11H15F3N2O2. The van der Waals surface area contributed by atoms with E-state index in [1.807, 2.05) is 0 Å². The molecule has 0 spiro atoms. The van der Waals surface area contributed by atoms with Crippen LogP contribution in [0.2, 0.25) is 0 Å². The Morgan fingerprint density at radius 1 is 1.33 bits per heavy atom. The predicted octanol–water partition coefficient (Wildman–Crippen LogP) is 1.76. The summed E-state index contributed by atoms with van der Waals surface area (Å²) in [5.41, 5.74) is 0.727. The Morgan fingerprint density at radius 2 is 2.11 bits per heavy atom. The van der Waals surface area contributed by atoms with Gasteiger partial charge in [0.25, 0.3) is 0 Å². The molecule has 1 aromatic rings. The number of nitrogens with one attached hydrogen (secondary N) is 1. The number of pyridine rings is 1. The molecule has 18 heavy (non-hydrogen) atoms. The molecule has 0 aliphatic carbocycles. The van der Waals surface area contributed by atoms with E-state index in [0.29, 0.717) is 19.7 Å². The molecule has 1 rings (SSSR count). The number of rotatable bonds is 7. The van der Waals surface area contributed by atoms with Crippen LogP contribution in [0.5, 0.6) is 5.75 Å². The smallest absolute Gasteiger partial charge is 0.422 e. The second-order valence-electron chi connectivity index (χ2n) is 3.56. The van der Waals surface area contributed by atoms with E-state index in [-0.39, 0.29) is 5.75 Å². The van der Waals surface area contributed by atoms with Crippen LogP contribution in [0.25, 0.3) is 0 Å². The third kappa shape index (κ3) is 6.41. The molecule has 1 N–H and O–H groups in total. The van der Waals surface area contributed by atoms with Gasteiger partial charge in [-0.25, -0.2) is 0 Å². The zero-order valence-electron chi connectivity index (χ0n) is 9.96. The first-order valence-corrected chi connectivity index (χ1v) is 5.35. The average Bonchev–Trinajstić information content (AvgIpc) is 2.33. The molecule has 0 fully saturated rings. The molecular weight excluding hydrogens is 249 g/mol. The van der Waals surface area contributed by atoms with Crippen LogP contribution in [0.1, 0.15) is 5.69 Å². The minimum atomic E-state index is -4.33. The van der Waals surface area contributed by atoms with Gasteiger partial charge in [0.15, 0.2) is 6.61 Å². The summed E-state index contributed by atoms with van der Waals surface area (Å²) in [5, 5.41) is 3.07. The van der Waals surface area contributed by atoms with Crippen molar-refractivity contribution in [1.82, 2.24) is 10.3 Å². The van der Waals surface area contributed by atoms with Crippen molar-refractivity contribution in [2.24, 2.45) is 0 Å². The summed E-state index contributed by atoms with van der Waals surface area (Å²) in [6.45, 7) is 0.500. The van der Waals surface area contributed by atoms with E-state index >= 15 is 0 Å². The van der Waals surface area contributed by atoms with Crippen molar-refractivity contribution in [3.05, 3.63) is 24.0 Å². The van der Waals surface area contributed by atoms with Crippen molar-refractivity contribution in [1.29, 1.82) is 0 Å². The first-order valence-electron chi connectivity index (χ1n) is 5.35. The number of hydrogen-bond donors (Lipinski definition) is 1. The summed E-state index contributed by atoms with van der Waals surface area (Å²) in [4.78, 5) is 3.98. The largest absolute Gasteiger partial charge is 0.483 e. The molecule has 1 heterocycles. The van der Waals surface area contributed by atoms with Gasteiger partial charge in [0, 0.05) is 20.2 Å². The van der Waals surface area contributed by atoms with Crippen molar-refractivity contribution >= 4 is 0 Å². The Labute approximate surface area is 103 Å². The van der Waals surface area contributed by atoms with Gasteiger partial charge in [-0.15, -0.1) is 0 Å². The molecule has 0 bridgehead atoms. The summed E-state index contributed by atoms with van der Waals surface area (Å²) in [6.07, 6.45) is -3.06. The highest BCUT2D eigenvalue weighted by molar-refractivity contribution is 5.19. The lowest BCUT2D eigenvalue weighted by Crippen LogP contribution is -2.20. The molecule has 0 aliphatic rings. The van der Waals surface area contributed by atoms with Crippen LogP contribution in [0.15, 0.2) is 18.3 Å². The molecule has 7 heteroatoms. The number of aromatic nitrogens is 1. The number of alkyl halides is 3. The van der Waals surface area contributed by atoms with E-state index in [0.717, 1.165) is 5.69 Å². The van der Waals surface area contributed by atoms with Gasteiger partial charge in [0.2, 0.25) is 0 Å². The number of halogens is 3. The third-order valence-corrected chi connectivity index (χ3v) is 1.99. The number of nitrogens with zero attached hydrogens (tertiary/aromatic N) is 1. The van der Waals surface area contributed by atoms with Gasteiger partial charge in [-0.2, -0.15) is 13.2 Å². The summed E-state index contributed by atoms with van der Waals surface area (Å²) >= 11 is 0. The molecule has 0 unspecified atom stereocenters. The van der Waals surface area contributed by atoms with E-state index in [1.165, 1.54) is 12.3 Å². The van der Waals surface area contributed by atoms with E-state index < -0.39 is 12.8 Å². The second-order valence-corrected chi connectivity index (χ2v) is 3.56. The summed E-state index contributed by atoms with van der Waals surface area (Å²) in [6, 6.07) is 3.08. The molecule has 0 aromatic carbocycles. The second kappa shape index (κ2) is 7.17. The van der Waals surface area contributed by atoms with Gasteiger partial charge in [-0.05, 0) is 12.1 Å². The van der Waals surface area contributed by atoms with E-state index in [2.05, 4.69) is 15.0 Å². The fourth-order valence-corrected chi connectivity index (χ4v) is 1.16. The Bertz CT molecular complexity index is 341.